The van der Waals surface area contributed by atoms with Crippen molar-refractivity contribution in [1.82, 2.24) is 15.5 Å². The molecule has 1 rings (SSSR count). The summed E-state index contributed by atoms with van der Waals surface area (Å²) in [7, 11) is 0. The molecule has 8 heteroatoms. The van der Waals surface area contributed by atoms with Gasteiger partial charge in [-0.1, -0.05) is 58.2 Å². The van der Waals surface area contributed by atoms with E-state index in [1.807, 2.05) is 34.6 Å². The zero-order valence-electron chi connectivity index (χ0n) is 24.5. The van der Waals surface area contributed by atoms with E-state index < -0.39 is 41.1 Å². The molecule has 37 heavy (non-hydrogen) atoms. The van der Waals surface area contributed by atoms with Gasteiger partial charge in [0.15, 0.2) is 0 Å². The summed E-state index contributed by atoms with van der Waals surface area (Å²) >= 11 is 0. The van der Waals surface area contributed by atoms with Crippen molar-refractivity contribution in [1.29, 1.82) is 0 Å². The largest absolute Gasteiger partial charge is 0.507 e. The van der Waals surface area contributed by atoms with Crippen LogP contribution >= 0.6 is 0 Å². The SMILES string of the molecule is CCCCCCN(C(=O)C(NC(=O)OC(C)(C)C)C(C)C)C(C(=O)NC(C)(C)C)c1cccc(C)c1O. The smallest absolute Gasteiger partial charge is 0.408 e. The maximum absolute atomic E-state index is 14.1. The van der Waals surface area contributed by atoms with Crippen molar-refractivity contribution in [2.45, 2.75) is 118 Å². The summed E-state index contributed by atoms with van der Waals surface area (Å²) < 4.78 is 5.41. The van der Waals surface area contributed by atoms with Crippen molar-refractivity contribution in [3.05, 3.63) is 29.3 Å². The predicted molar refractivity (Wildman–Crippen MR) is 147 cm³/mol. The summed E-state index contributed by atoms with van der Waals surface area (Å²) in [5.74, 6) is -1.08. The van der Waals surface area contributed by atoms with Crippen molar-refractivity contribution in [3.8, 4) is 5.75 Å². The molecule has 0 aliphatic heterocycles. The molecular weight excluding hydrogens is 470 g/mol. The Kier molecular flexibility index (Phi) is 11.9. The van der Waals surface area contributed by atoms with Gasteiger partial charge in [-0.3, -0.25) is 9.59 Å². The van der Waals surface area contributed by atoms with Gasteiger partial charge in [-0.15, -0.1) is 0 Å². The number of hydrogen-bond acceptors (Lipinski definition) is 5. The van der Waals surface area contributed by atoms with Gasteiger partial charge in [-0.25, -0.2) is 4.79 Å². The lowest BCUT2D eigenvalue weighted by molar-refractivity contribution is -0.144. The quantitative estimate of drug-likeness (QED) is 0.329. The van der Waals surface area contributed by atoms with Gasteiger partial charge in [-0.05, 0) is 66.4 Å². The van der Waals surface area contributed by atoms with Crippen LogP contribution in [0.2, 0.25) is 0 Å². The number of alkyl carbamates (subject to hydrolysis) is 1. The van der Waals surface area contributed by atoms with Crippen LogP contribution in [0.25, 0.3) is 0 Å². The standard InChI is InChI=1S/C29H49N3O5/c1-11-12-13-14-18-32(26(35)22(19(2)3)30-27(36)37-29(8,9)10)23(25(34)31-28(5,6)7)21-17-15-16-20(4)24(21)33/h15-17,19,22-23,33H,11-14,18H2,1-10H3,(H,30,36)(H,31,34). The minimum absolute atomic E-state index is 0.0240. The lowest BCUT2D eigenvalue weighted by atomic mass is 9.95. The van der Waals surface area contributed by atoms with E-state index in [-0.39, 0.29) is 11.7 Å². The van der Waals surface area contributed by atoms with E-state index in [0.29, 0.717) is 24.1 Å². The van der Waals surface area contributed by atoms with Crippen LogP contribution in [0.3, 0.4) is 0 Å². The molecule has 0 fully saturated rings. The minimum Gasteiger partial charge on any atom is -0.507 e. The molecule has 0 saturated carbocycles. The zero-order chi connectivity index (χ0) is 28.6. The number of phenols is 1. The number of aromatic hydroxyl groups is 1. The Morgan fingerprint density at radius 3 is 2.16 bits per heavy atom. The van der Waals surface area contributed by atoms with E-state index in [1.54, 1.807) is 45.9 Å². The number of amides is 3. The Morgan fingerprint density at radius 1 is 1.03 bits per heavy atom. The molecule has 0 aliphatic carbocycles. The number of rotatable bonds is 11. The van der Waals surface area contributed by atoms with Crippen LogP contribution in [0.1, 0.15) is 105 Å². The van der Waals surface area contributed by atoms with Crippen molar-refractivity contribution < 1.29 is 24.2 Å². The van der Waals surface area contributed by atoms with Crippen molar-refractivity contribution >= 4 is 17.9 Å². The van der Waals surface area contributed by atoms with E-state index in [0.717, 1.165) is 19.3 Å². The molecule has 210 valence electrons. The third kappa shape index (κ3) is 10.6. The van der Waals surface area contributed by atoms with Crippen LogP contribution in [0.4, 0.5) is 4.79 Å². The molecule has 0 aliphatic rings. The number of benzene rings is 1. The molecule has 0 saturated heterocycles. The number of aryl methyl sites for hydroxylation is 1. The fraction of sp³-hybridized carbons (Fsp3) is 0.690. The van der Waals surface area contributed by atoms with E-state index in [1.165, 1.54) is 4.90 Å². The van der Waals surface area contributed by atoms with Crippen LogP contribution in [-0.4, -0.2) is 51.6 Å². The van der Waals surface area contributed by atoms with Crippen LogP contribution in [-0.2, 0) is 14.3 Å². The number of phenolic OH excluding ortho intramolecular Hbond substituents is 1. The second-order valence-electron chi connectivity index (χ2n) is 12.1. The Bertz CT molecular complexity index is 915. The number of para-hydroxylation sites is 1. The van der Waals surface area contributed by atoms with Gasteiger partial charge in [0.2, 0.25) is 11.8 Å². The molecule has 0 heterocycles. The molecular formula is C29H49N3O5. The average molecular weight is 520 g/mol. The number of nitrogens with one attached hydrogen (secondary N) is 2. The third-order valence-corrected chi connectivity index (χ3v) is 5.76. The number of hydrogen-bond donors (Lipinski definition) is 3. The van der Waals surface area contributed by atoms with E-state index in [9.17, 15) is 19.5 Å². The first-order valence-corrected chi connectivity index (χ1v) is 13.4. The lowest BCUT2D eigenvalue weighted by Gasteiger charge is -2.37. The fourth-order valence-corrected chi connectivity index (χ4v) is 3.99. The maximum Gasteiger partial charge on any atom is 0.408 e. The molecule has 1 aromatic carbocycles. The normalized spacial score (nSPS) is 13.6. The van der Waals surface area contributed by atoms with Crippen LogP contribution in [0.5, 0.6) is 5.75 Å². The van der Waals surface area contributed by atoms with Gasteiger partial charge >= 0.3 is 6.09 Å². The fourth-order valence-electron chi connectivity index (χ4n) is 3.99. The highest BCUT2D eigenvalue weighted by atomic mass is 16.6. The molecule has 2 unspecified atom stereocenters. The third-order valence-electron chi connectivity index (χ3n) is 5.76. The number of ether oxygens (including phenoxy) is 1. The van der Waals surface area contributed by atoms with E-state index in [2.05, 4.69) is 17.6 Å². The zero-order valence-corrected chi connectivity index (χ0v) is 24.5. The molecule has 0 radical (unpaired) electrons. The van der Waals surface area contributed by atoms with Crippen LogP contribution in [0, 0.1) is 12.8 Å². The first kappa shape index (κ1) is 32.3. The summed E-state index contributed by atoms with van der Waals surface area (Å²) in [6, 6.07) is 3.20. The molecule has 0 spiro atoms. The molecule has 2 atom stereocenters. The monoisotopic (exact) mass is 519 g/mol. The number of nitrogens with zero attached hydrogens (tertiary/aromatic N) is 1. The summed E-state index contributed by atoms with van der Waals surface area (Å²) in [6.07, 6.45) is 2.90. The summed E-state index contributed by atoms with van der Waals surface area (Å²) in [5, 5.41) is 16.7. The maximum atomic E-state index is 14.1. The second-order valence-corrected chi connectivity index (χ2v) is 12.1. The number of unbranched alkanes of at least 4 members (excludes halogenated alkanes) is 3. The van der Waals surface area contributed by atoms with E-state index >= 15 is 0 Å². The Hall–Kier alpha value is -2.77. The highest BCUT2D eigenvalue weighted by Gasteiger charge is 2.39. The van der Waals surface area contributed by atoms with Crippen LogP contribution in [0.15, 0.2) is 18.2 Å². The van der Waals surface area contributed by atoms with E-state index in [4.69, 9.17) is 4.74 Å². The average Bonchev–Trinajstić information content (AvgIpc) is 2.73. The molecule has 8 nitrogen and oxygen atoms in total. The van der Waals surface area contributed by atoms with Crippen molar-refractivity contribution in [2.24, 2.45) is 5.92 Å². The highest BCUT2D eigenvalue weighted by molar-refractivity contribution is 5.93. The first-order valence-electron chi connectivity index (χ1n) is 13.4. The van der Waals surface area contributed by atoms with Crippen molar-refractivity contribution in [2.75, 3.05) is 6.54 Å². The van der Waals surface area contributed by atoms with Gasteiger partial charge in [0.05, 0.1) is 0 Å². The molecule has 0 aromatic heterocycles. The molecule has 0 bridgehead atoms. The second kappa shape index (κ2) is 13.7. The molecule has 3 amide bonds. The molecule has 3 N–H and O–H groups in total. The minimum atomic E-state index is -1.07. The van der Waals surface area contributed by atoms with Gasteiger partial charge in [0.1, 0.15) is 23.4 Å². The van der Waals surface area contributed by atoms with Crippen LogP contribution < -0.4 is 10.6 Å². The first-order chi connectivity index (χ1) is 17.0. The Balaban J connectivity index is 3.58. The number of carbonyl (C=O) groups is 3. The predicted octanol–water partition coefficient (Wildman–Crippen LogP) is 5.61. The van der Waals surface area contributed by atoms with Crippen molar-refractivity contribution in [3.63, 3.8) is 0 Å². The summed E-state index contributed by atoms with van der Waals surface area (Å²) in [5.41, 5.74) is -0.323. The van der Waals surface area contributed by atoms with Gasteiger partial charge in [-0.2, -0.15) is 0 Å². The lowest BCUT2D eigenvalue weighted by Crippen LogP contribution is -2.56. The Labute approximate surface area is 223 Å². The Morgan fingerprint density at radius 2 is 1.65 bits per heavy atom. The summed E-state index contributed by atoms with van der Waals surface area (Å²) in [6.45, 7) is 18.7. The number of carbonyl (C=O) groups excluding carboxylic acids is 3. The van der Waals surface area contributed by atoms with Gasteiger partial charge in [0, 0.05) is 17.6 Å². The van der Waals surface area contributed by atoms with Gasteiger partial charge < -0.3 is 25.4 Å². The topological polar surface area (TPSA) is 108 Å². The summed E-state index contributed by atoms with van der Waals surface area (Å²) in [4.78, 5) is 42.0. The molecule has 1 aromatic rings. The van der Waals surface area contributed by atoms with Gasteiger partial charge in [0.25, 0.3) is 0 Å². The highest BCUT2D eigenvalue weighted by Crippen LogP contribution is 2.33.